The minimum atomic E-state index is -0.639. The molecule has 0 bridgehead atoms. The highest BCUT2D eigenvalue weighted by molar-refractivity contribution is 7.99. The van der Waals surface area contributed by atoms with Crippen LogP contribution >= 0.6 is 11.8 Å². The van der Waals surface area contributed by atoms with Gasteiger partial charge in [0.1, 0.15) is 5.75 Å². The molecule has 1 N–H and O–H groups in total. The summed E-state index contributed by atoms with van der Waals surface area (Å²) < 4.78 is 4.65. The molecule has 0 unspecified atom stereocenters. The molecule has 0 spiro atoms. The Balaban J connectivity index is 2.40. The molecular formula is C14H11NO5S. The maximum absolute atomic E-state index is 11.8. The van der Waals surface area contributed by atoms with E-state index in [-0.39, 0.29) is 17.0 Å². The number of ether oxygens (including phenoxy) is 1. The van der Waals surface area contributed by atoms with Gasteiger partial charge in [-0.2, -0.15) is 0 Å². The van der Waals surface area contributed by atoms with Crippen LogP contribution in [0.4, 0.5) is 5.69 Å². The number of esters is 1. The van der Waals surface area contributed by atoms with E-state index in [4.69, 9.17) is 0 Å². The zero-order valence-electron chi connectivity index (χ0n) is 11.0. The summed E-state index contributed by atoms with van der Waals surface area (Å²) in [4.78, 5) is 23.3. The monoisotopic (exact) mass is 305 g/mol. The molecule has 0 radical (unpaired) electrons. The maximum atomic E-state index is 11.8. The Labute approximate surface area is 124 Å². The second kappa shape index (κ2) is 6.27. The van der Waals surface area contributed by atoms with Crippen LogP contribution in [0.2, 0.25) is 0 Å². The van der Waals surface area contributed by atoms with Gasteiger partial charge in [-0.15, -0.1) is 0 Å². The van der Waals surface area contributed by atoms with Crippen LogP contribution in [0.15, 0.2) is 52.3 Å². The van der Waals surface area contributed by atoms with Crippen molar-refractivity contribution in [3.8, 4) is 5.75 Å². The number of phenolic OH excluding ortho intramolecular Hbond substituents is 1. The summed E-state index contributed by atoms with van der Waals surface area (Å²) in [6.07, 6.45) is 0. The number of rotatable bonds is 4. The third-order valence-corrected chi connectivity index (χ3v) is 3.73. The van der Waals surface area contributed by atoms with Crippen LogP contribution < -0.4 is 0 Å². The SMILES string of the molecule is COC(=O)c1cc([N+](=O)[O-])ccc1Sc1ccc(O)cc1. The van der Waals surface area contributed by atoms with E-state index in [1.54, 1.807) is 12.1 Å². The number of methoxy groups -OCH3 is 1. The summed E-state index contributed by atoms with van der Waals surface area (Å²) in [5, 5.41) is 20.0. The maximum Gasteiger partial charge on any atom is 0.339 e. The van der Waals surface area contributed by atoms with E-state index in [9.17, 15) is 20.0 Å². The third-order valence-electron chi connectivity index (χ3n) is 2.64. The molecule has 0 saturated heterocycles. The van der Waals surface area contributed by atoms with Crippen LogP contribution in [0.5, 0.6) is 5.75 Å². The van der Waals surface area contributed by atoms with Gasteiger partial charge in [0.2, 0.25) is 0 Å². The van der Waals surface area contributed by atoms with Gasteiger partial charge in [0, 0.05) is 21.9 Å². The lowest BCUT2D eigenvalue weighted by Crippen LogP contribution is -2.04. The Morgan fingerprint density at radius 1 is 1.24 bits per heavy atom. The largest absolute Gasteiger partial charge is 0.508 e. The zero-order chi connectivity index (χ0) is 15.4. The number of carbonyl (C=O) groups excluding carboxylic acids is 1. The van der Waals surface area contributed by atoms with Crippen molar-refractivity contribution in [2.45, 2.75) is 9.79 Å². The van der Waals surface area contributed by atoms with Crippen LogP contribution in [0.3, 0.4) is 0 Å². The topological polar surface area (TPSA) is 89.7 Å². The number of phenols is 1. The number of hydrogen-bond acceptors (Lipinski definition) is 6. The van der Waals surface area contributed by atoms with Crippen molar-refractivity contribution in [2.75, 3.05) is 7.11 Å². The quantitative estimate of drug-likeness (QED) is 0.530. The fraction of sp³-hybridized carbons (Fsp3) is 0.0714. The highest BCUT2D eigenvalue weighted by Gasteiger charge is 2.18. The van der Waals surface area contributed by atoms with Crippen molar-refractivity contribution in [2.24, 2.45) is 0 Å². The molecule has 2 aromatic carbocycles. The molecule has 108 valence electrons. The number of nitro groups is 1. The average Bonchev–Trinajstić information content (AvgIpc) is 2.49. The van der Waals surface area contributed by atoms with Gasteiger partial charge in [-0.3, -0.25) is 10.1 Å². The Hall–Kier alpha value is -2.54. The van der Waals surface area contributed by atoms with Crippen molar-refractivity contribution in [1.82, 2.24) is 0 Å². The van der Waals surface area contributed by atoms with Crippen LogP contribution in [0.1, 0.15) is 10.4 Å². The molecule has 0 aliphatic rings. The van der Waals surface area contributed by atoms with Crippen molar-refractivity contribution >= 4 is 23.4 Å². The molecule has 0 aliphatic heterocycles. The lowest BCUT2D eigenvalue weighted by atomic mass is 10.2. The fourth-order valence-corrected chi connectivity index (χ4v) is 2.55. The second-order valence-electron chi connectivity index (χ2n) is 4.03. The Morgan fingerprint density at radius 2 is 1.90 bits per heavy atom. The first kappa shape index (κ1) is 14.9. The van der Waals surface area contributed by atoms with Gasteiger partial charge in [0.15, 0.2) is 0 Å². The number of carbonyl (C=O) groups is 1. The summed E-state index contributed by atoms with van der Waals surface area (Å²) in [6, 6.07) is 10.4. The van der Waals surface area contributed by atoms with Crippen molar-refractivity contribution in [3.63, 3.8) is 0 Å². The molecule has 0 fully saturated rings. The summed E-state index contributed by atoms with van der Waals surface area (Å²) in [5.74, 6) is -0.504. The van der Waals surface area contributed by atoms with Crippen molar-refractivity contribution in [3.05, 3.63) is 58.1 Å². The third kappa shape index (κ3) is 3.51. The summed E-state index contributed by atoms with van der Waals surface area (Å²) in [5.41, 5.74) is -0.0461. The first-order valence-electron chi connectivity index (χ1n) is 5.85. The van der Waals surface area contributed by atoms with E-state index in [1.165, 1.54) is 49.2 Å². The van der Waals surface area contributed by atoms with E-state index < -0.39 is 10.9 Å². The zero-order valence-corrected chi connectivity index (χ0v) is 11.8. The van der Waals surface area contributed by atoms with Crippen LogP contribution in [-0.2, 0) is 4.74 Å². The summed E-state index contributed by atoms with van der Waals surface area (Å²) in [7, 11) is 1.22. The molecule has 7 heteroatoms. The van der Waals surface area contributed by atoms with Crippen LogP contribution in [0.25, 0.3) is 0 Å². The van der Waals surface area contributed by atoms with Gasteiger partial charge >= 0.3 is 5.97 Å². The van der Waals surface area contributed by atoms with E-state index in [2.05, 4.69) is 4.74 Å². The summed E-state index contributed by atoms with van der Waals surface area (Å²) >= 11 is 1.25. The van der Waals surface area contributed by atoms with Gasteiger partial charge in [0.05, 0.1) is 17.6 Å². The molecule has 0 amide bonds. The Bertz CT molecular complexity index is 684. The molecule has 0 aromatic heterocycles. The molecule has 0 heterocycles. The molecule has 6 nitrogen and oxygen atoms in total. The molecular weight excluding hydrogens is 294 g/mol. The predicted molar refractivity (Wildman–Crippen MR) is 76.7 cm³/mol. The average molecular weight is 305 g/mol. The van der Waals surface area contributed by atoms with Gasteiger partial charge in [-0.1, -0.05) is 11.8 Å². The van der Waals surface area contributed by atoms with Crippen molar-refractivity contribution < 1.29 is 19.6 Å². The lowest BCUT2D eigenvalue weighted by Gasteiger charge is -2.07. The molecule has 0 atom stereocenters. The minimum absolute atomic E-state index is 0.129. The predicted octanol–water partition coefficient (Wildman–Crippen LogP) is 3.24. The molecule has 0 saturated carbocycles. The highest BCUT2D eigenvalue weighted by Crippen LogP contribution is 2.33. The van der Waals surface area contributed by atoms with E-state index in [0.717, 1.165) is 4.90 Å². The van der Waals surface area contributed by atoms with E-state index in [1.807, 2.05) is 0 Å². The Morgan fingerprint density at radius 3 is 2.48 bits per heavy atom. The number of nitrogens with zero attached hydrogens (tertiary/aromatic N) is 1. The van der Waals surface area contributed by atoms with Gasteiger partial charge < -0.3 is 9.84 Å². The first-order valence-corrected chi connectivity index (χ1v) is 6.66. The standard InChI is InChI=1S/C14H11NO5S/c1-20-14(17)12-8-9(15(18)19)2-7-13(12)21-11-5-3-10(16)4-6-11/h2-8,16H,1H3. The van der Waals surface area contributed by atoms with Crippen molar-refractivity contribution in [1.29, 1.82) is 0 Å². The number of aromatic hydroxyl groups is 1. The van der Waals surface area contributed by atoms with Crippen LogP contribution in [0, 0.1) is 10.1 Å². The highest BCUT2D eigenvalue weighted by atomic mass is 32.2. The normalized spacial score (nSPS) is 10.1. The smallest absolute Gasteiger partial charge is 0.339 e. The van der Waals surface area contributed by atoms with Crippen LogP contribution in [-0.4, -0.2) is 23.1 Å². The van der Waals surface area contributed by atoms with Gasteiger partial charge in [-0.25, -0.2) is 4.79 Å². The fourth-order valence-electron chi connectivity index (χ4n) is 1.63. The number of hydrogen-bond donors (Lipinski definition) is 1. The summed E-state index contributed by atoms with van der Waals surface area (Å²) in [6.45, 7) is 0. The molecule has 21 heavy (non-hydrogen) atoms. The van der Waals surface area contributed by atoms with Gasteiger partial charge in [-0.05, 0) is 30.3 Å². The van der Waals surface area contributed by atoms with E-state index >= 15 is 0 Å². The molecule has 2 aromatic rings. The van der Waals surface area contributed by atoms with Gasteiger partial charge in [0.25, 0.3) is 5.69 Å². The second-order valence-corrected chi connectivity index (χ2v) is 5.14. The minimum Gasteiger partial charge on any atom is -0.508 e. The Kier molecular flexibility index (Phi) is 4.44. The molecule has 0 aliphatic carbocycles. The number of benzene rings is 2. The lowest BCUT2D eigenvalue weighted by molar-refractivity contribution is -0.384. The number of non-ortho nitro benzene ring substituents is 1. The first-order chi connectivity index (χ1) is 10.0. The van der Waals surface area contributed by atoms with E-state index in [0.29, 0.717) is 4.90 Å². The number of nitro benzene ring substituents is 1. The molecule has 2 rings (SSSR count).